The fourth-order valence-electron chi connectivity index (χ4n) is 1.72. The third-order valence-electron chi connectivity index (χ3n) is 2.84. The number of aliphatic hydroxyl groups is 1. The summed E-state index contributed by atoms with van der Waals surface area (Å²) in [5, 5.41) is 19.6. The maximum Gasteiger partial charge on any atom is 0.272 e. The SMILES string of the molecule is Cc1cc(Oc2ccc([N+](=O)[O-])cc2F)ccc1CO. The molecule has 0 bridgehead atoms. The fourth-order valence-corrected chi connectivity index (χ4v) is 1.72. The van der Waals surface area contributed by atoms with E-state index in [1.807, 2.05) is 0 Å². The van der Waals surface area contributed by atoms with Crippen molar-refractivity contribution in [3.8, 4) is 11.5 Å². The van der Waals surface area contributed by atoms with Gasteiger partial charge in [-0.2, -0.15) is 0 Å². The minimum atomic E-state index is -0.803. The second-order valence-corrected chi connectivity index (χ2v) is 4.22. The number of non-ortho nitro benzene ring substituents is 1. The van der Waals surface area contributed by atoms with E-state index in [0.717, 1.165) is 17.2 Å². The number of benzene rings is 2. The van der Waals surface area contributed by atoms with Crippen LogP contribution in [0.4, 0.5) is 10.1 Å². The number of nitrogens with zero attached hydrogens (tertiary/aromatic N) is 1. The van der Waals surface area contributed by atoms with Gasteiger partial charge in [0.05, 0.1) is 17.6 Å². The Morgan fingerprint density at radius 1 is 1.30 bits per heavy atom. The second-order valence-electron chi connectivity index (χ2n) is 4.22. The number of ether oxygens (including phenoxy) is 1. The van der Waals surface area contributed by atoms with Crippen LogP contribution < -0.4 is 4.74 Å². The lowest BCUT2D eigenvalue weighted by molar-refractivity contribution is -0.385. The molecule has 0 fully saturated rings. The number of hydrogen-bond donors (Lipinski definition) is 1. The highest BCUT2D eigenvalue weighted by Crippen LogP contribution is 2.28. The van der Waals surface area contributed by atoms with Crippen molar-refractivity contribution in [2.45, 2.75) is 13.5 Å². The van der Waals surface area contributed by atoms with Crippen molar-refractivity contribution >= 4 is 5.69 Å². The van der Waals surface area contributed by atoms with E-state index < -0.39 is 10.7 Å². The molecular formula is C14H12FNO4. The van der Waals surface area contributed by atoms with Crippen LogP contribution in [0.25, 0.3) is 0 Å². The van der Waals surface area contributed by atoms with Gasteiger partial charge in [-0.05, 0) is 36.2 Å². The lowest BCUT2D eigenvalue weighted by atomic mass is 10.1. The van der Waals surface area contributed by atoms with E-state index in [1.165, 1.54) is 12.1 Å². The Bertz CT molecular complexity index is 658. The Morgan fingerprint density at radius 2 is 2.05 bits per heavy atom. The largest absolute Gasteiger partial charge is 0.454 e. The van der Waals surface area contributed by atoms with Crippen LogP contribution in [-0.2, 0) is 6.61 Å². The normalized spacial score (nSPS) is 10.3. The standard InChI is InChI=1S/C14H12FNO4/c1-9-6-12(4-2-10(9)8-17)20-14-5-3-11(16(18)19)7-13(14)15/h2-7,17H,8H2,1H3. The van der Waals surface area contributed by atoms with Crippen LogP contribution >= 0.6 is 0 Å². The summed E-state index contributed by atoms with van der Waals surface area (Å²) in [4.78, 5) is 9.84. The van der Waals surface area contributed by atoms with Crippen molar-refractivity contribution in [1.82, 2.24) is 0 Å². The van der Waals surface area contributed by atoms with Gasteiger partial charge in [-0.25, -0.2) is 4.39 Å². The summed E-state index contributed by atoms with van der Waals surface area (Å²) in [6, 6.07) is 8.13. The molecule has 0 unspecified atom stereocenters. The Hall–Kier alpha value is -2.47. The Balaban J connectivity index is 2.26. The van der Waals surface area contributed by atoms with Gasteiger partial charge in [-0.3, -0.25) is 10.1 Å². The van der Waals surface area contributed by atoms with Gasteiger partial charge in [0, 0.05) is 6.07 Å². The van der Waals surface area contributed by atoms with Gasteiger partial charge in [0.1, 0.15) is 5.75 Å². The number of aryl methyl sites for hydroxylation is 1. The van der Waals surface area contributed by atoms with Gasteiger partial charge >= 0.3 is 0 Å². The number of nitro benzene ring substituents is 1. The molecule has 0 aliphatic heterocycles. The van der Waals surface area contributed by atoms with Crippen molar-refractivity contribution in [2.24, 2.45) is 0 Å². The first-order valence-electron chi connectivity index (χ1n) is 5.83. The van der Waals surface area contributed by atoms with Gasteiger partial charge < -0.3 is 9.84 Å². The maximum absolute atomic E-state index is 13.7. The molecule has 20 heavy (non-hydrogen) atoms. The van der Waals surface area contributed by atoms with E-state index in [0.29, 0.717) is 5.75 Å². The first kappa shape index (κ1) is 14.0. The molecule has 0 amide bonds. The van der Waals surface area contributed by atoms with Crippen molar-refractivity contribution in [3.05, 3.63) is 63.5 Å². The minimum Gasteiger partial charge on any atom is -0.454 e. The van der Waals surface area contributed by atoms with E-state index in [2.05, 4.69) is 0 Å². The minimum absolute atomic E-state index is 0.0853. The summed E-state index contributed by atoms with van der Waals surface area (Å²) in [5.74, 6) is -0.498. The van der Waals surface area contributed by atoms with Gasteiger partial charge in [0.2, 0.25) is 0 Å². The predicted octanol–water partition coefficient (Wildman–Crippen LogP) is 3.33. The highest BCUT2D eigenvalue weighted by Gasteiger charge is 2.12. The summed E-state index contributed by atoms with van der Waals surface area (Å²) in [7, 11) is 0. The first-order valence-corrected chi connectivity index (χ1v) is 5.83. The molecule has 5 nitrogen and oxygen atoms in total. The number of rotatable bonds is 4. The smallest absolute Gasteiger partial charge is 0.272 e. The molecule has 0 aliphatic carbocycles. The van der Waals surface area contributed by atoms with Crippen LogP contribution in [0.5, 0.6) is 11.5 Å². The Morgan fingerprint density at radius 3 is 2.60 bits per heavy atom. The van der Waals surface area contributed by atoms with Gasteiger partial charge in [0.25, 0.3) is 5.69 Å². The number of aliphatic hydroxyl groups excluding tert-OH is 1. The third-order valence-corrected chi connectivity index (χ3v) is 2.84. The zero-order valence-corrected chi connectivity index (χ0v) is 10.7. The van der Waals surface area contributed by atoms with Crippen molar-refractivity contribution in [1.29, 1.82) is 0 Å². The van der Waals surface area contributed by atoms with Crippen LogP contribution in [0.2, 0.25) is 0 Å². The number of nitro groups is 1. The second kappa shape index (κ2) is 5.66. The Kier molecular flexibility index (Phi) is 3.95. The average Bonchev–Trinajstić information content (AvgIpc) is 2.41. The molecule has 104 valence electrons. The topological polar surface area (TPSA) is 72.6 Å². The monoisotopic (exact) mass is 277 g/mol. The molecule has 0 heterocycles. The van der Waals surface area contributed by atoms with Crippen molar-refractivity contribution in [3.63, 3.8) is 0 Å². The number of hydrogen-bond acceptors (Lipinski definition) is 4. The molecular weight excluding hydrogens is 265 g/mol. The molecule has 0 radical (unpaired) electrons. The van der Waals surface area contributed by atoms with Crippen molar-refractivity contribution in [2.75, 3.05) is 0 Å². The molecule has 0 saturated heterocycles. The molecule has 2 aromatic carbocycles. The molecule has 0 aliphatic rings. The molecule has 0 atom stereocenters. The van der Waals surface area contributed by atoms with Gasteiger partial charge in [-0.15, -0.1) is 0 Å². The lowest BCUT2D eigenvalue weighted by Gasteiger charge is -2.09. The zero-order valence-electron chi connectivity index (χ0n) is 10.7. The van der Waals surface area contributed by atoms with Crippen LogP contribution in [0, 0.1) is 22.9 Å². The summed E-state index contributed by atoms with van der Waals surface area (Å²) in [5.41, 5.74) is 1.23. The fraction of sp³-hybridized carbons (Fsp3) is 0.143. The Labute approximate surface area is 114 Å². The van der Waals surface area contributed by atoms with Crippen LogP contribution in [0.3, 0.4) is 0 Å². The third kappa shape index (κ3) is 2.92. The summed E-state index contributed by atoms with van der Waals surface area (Å²) >= 11 is 0. The van der Waals surface area contributed by atoms with Gasteiger partial charge in [-0.1, -0.05) is 6.07 Å². The van der Waals surface area contributed by atoms with E-state index in [4.69, 9.17) is 9.84 Å². The summed E-state index contributed by atoms with van der Waals surface area (Å²) < 4.78 is 19.0. The summed E-state index contributed by atoms with van der Waals surface area (Å²) in [6.45, 7) is 1.71. The summed E-state index contributed by atoms with van der Waals surface area (Å²) in [6.07, 6.45) is 0. The van der Waals surface area contributed by atoms with E-state index in [9.17, 15) is 14.5 Å². The van der Waals surface area contributed by atoms with Crippen LogP contribution in [0.1, 0.15) is 11.1 Å². The number of halogens is 1. The van der Waals surface area contributed by atoms with E-state index in [-0.39, 0.29) is 18.0 Å². The molecule has 2 rings (SSSR count). The first-order chi connectivity index (χ1) is 9.51. The van der Waals surface area contributed by atoms with E-state index in [1.54, 1.807) is 25.1 Å². The molecule has 0 aromatic heterocycles. The quantitative estimate of drug-likeness (QED) is 0.687. The maximum atomic E-state index is 13.7. The lowest BCUT2D eigenvalue weighted by Crippen LogP contribution is -1.94. The van der Waals surface area contributed by atoms with Crippen LogP contribution in [-0.4, -0.2) is 10.0 Å². The highest BCUT2D eigenvalue weighted by molar-refractivity contribution is 5.41. The predicted molar refractivity (Wildman–Crippen MR) is 70.2 cm³/mol. The molecule has 0 saturated carbocycles. The van der Waals surface area contributed by atoms with Gasteiger partial charge in [0.15, 0.2) is 11.6 Å². The molecule has 1 N–H and O–H groups in total. The van der Waals surface area contributed by atoms with Crippen LogP contribution in [0.15, 0.2) is 36.4 Å². The highest BCUT2D eigenvalue weighted by atomic mass is 19.1. The molecule has 0 spiro atoms. The molecule has 6 heteroatoms. The zero-order chi connectivity index (χ0) is 14.7. The average molecular weight is 277 g/mol. The molecule has 2 aromatic rings. The van der Waals surface area contributed by atoms with E-state index >= 15 is 0 Å². The van der Waals surface area contributed by atoms with Crippen molar-refractivity contribution < 1.29 is 19.2 Å².